The van der Waals surface area contributed by atoms with E-state index in [0.29, 0.717) is 11.6 Å². The van der Waals surface area contributed by atoms with Crippen LogP contribution in [-0.2, 0) is 4.79 Å². The minimum atomic E-state index is -1.11. The van der Waals surface area contributed by atoms with Crippen molar-refractivity contribution in [3.63, 3.8) is 0 Å². The van der Waals surface area contributed by atoms with Gasteiger partial charge in [-0.05, 0) is 63.6 Å². The Morgan fingerprint density at radius 2 is 1.81 bits per heavy atom. The molecule has 0 radical (unpaired) electrons. The Morgan fingerprint density at radius 3 is 2.44 bits per heavy atom. The van der Waals surface area contributed by atoms with Gasteiger partial charge in [-0.2, -0.15) is 5.10 Å². The second kappa shape index (κ2) is 9.56. The summed E-state index contributed by atoms with van der Waals surface area (Å²) in [4.78, 5) is 31.5. The quantitative estimate of drug-likeness (QED) is 0.418. The predicted octanol–water partition coefficient (Wildman–Crippen LogP) is 4.85. The topological polar surface area (TPSA) is 106 Å². The third-order valence-corrected chi connectivity index (χ3v) is 6.94. The van der Waals surface area contributed by atoms with Gasteiger partial charge in [-0.3, -0.25) is 9.69 Å². The number of hydrogen-bond donors (Lipinski definition) is 1. The number of carboxylic acid groups (broad SMARTS) is 1. The zero-order valence-corrected chi connectivity index (χ0v) is 20.7. The molecule has 5 rings (SSSR count). The molecule has 4 aromatic rings. The van der Waals surface area contributed by atoms with Gasteiger partial charge in [0.25, 0.3) is 0 Å². The first-order valence-electron chi connectivity index (χ1n) is 12.4. The maximum atomic E-state index is 13.5. The third kappa shape index (κ3) is 4.48. The number of anilines is 1. The molecule has 186 valence electrons. The summed E-state index contributed by atoms with van der Waals surface area (Å²) in [6.07, 6.45) is 8.72. The van der Waals surface area contributed by atoms with E-state index in [-0.39, 0.29) is 29.2 Å². The lowest BCUT2D eigenvalue weighted by Crippen LogP contribution is -2.43. The van der Waals surface area contributed by atoms with Crippen molar-refractivity contribution in [3.8, 4) is 16.9 Å². The maximum absolute atomic E-state index is 13.5. The van der Waals surface area contributed by atoms with Crippen LogP contribution in [0.3, 0.4) is 0 Å². The molecule has 0 atom stereocenters. The SMILES string of the molecule is CC(C)N(c1nn(-c2ccc(-c3cc4ncccn4n3)cc2)cc1C(=O)O)C(=O)[C@H]1CC[C@H](C)CC1. The summed E-state index contributed by atoms with van der Waals surface area (Å²) >= 11 is 0. The number of carbonyl (C=O) groups is 2. The van der Waals surface area contributed by atoms with Crippen LogP contribution in [0.1, 0.15) is 56.8 Å². The summed E-state index contributed by atoms with van der Waals surface area (Å²) in [5.41, 5.74) is 3.14. The van der Waals surface area contributed by atoms with Crippen LogP contribution in [0.2, 0.25) is 0 Å². The molecule has 1 saturated carbocycles. The average Bonchev–Trinajstić information content (AvgIpc) is 3.49. The number of benzene rings is 1. The van der Waals surface area contributed by atoms with Crippen molar-refractivity contribution < 1.29 is 14.7 Å². The number of aromatic nitrogens is 5. The van der Waals surface area contributed by atoms with Crippen LogP contribution >= 0.6 is 0 Å². The van der Waals surface area contributed by atoms with Gasteiger partial charge in [0, 0.05) is 42.2 Å². The van der Waals surface area contributed by atoms with Crippen molar-refractivity contribution >= 4 is 23.3 Å². The van der Waals surface area contributed by atoms with Crippen LogP contribution in [0.4, 0.5) is 5.82 Å². The number of carbonyl (C=O) groups excluding carboxylic acids is 1. The van der Waals surface area contributed by atoms with E-state index >= 15 is 0 Å². The highest BCUT2D eigenvalue weighted by Crippen LogP contribution is 2.33. The number of amides is 1. The number of fused-ring (bicyclic) bond motifs is 1. The second-order valence-electron chi connectivity index (χ2n) is 9.87. The van der Waals surface area contributed by atoms with Gasteiger partial charge in [-0.15, -0.1) is 5.10 Å². The van der Waals surface area contributed by atoms with E-state index in [4.69, 9.17) is 0 Å². The fourth-order valence-electron chi connectivity index (χ4n) is 4.89. The smallest absolute Gasteiger partial charge is 0.341 e. The Kier molecular flexibility index (Phi) is 6.30. The van der Waals surface area contributed by atoms with E-state index < -0.39 is 5.97 Å². The highest BCUT2D eigenvalue weighted by Gasteiger charge is 2.34. The third-order valence-electron chi connectivity index (χ3n) is 6.94. The Morgan fingerprint density at radius 1 is 1.08 bits per heavy atom. The van der Waals surface area contributed by atoms with Gasteiger partial charge >= 0.3 is 5.97 Å². The summed E-state index contributed by atoms with van der Waals surface area (Å²) in [5, 5.41) is 19.1. The maximum Gasteiger partial charge on any atom is 0.341 e. The van der Waals surface area contributed by atoms with Gasteiger partial charge in [0.05, 0.1) is 11.4 Å². The number of nitrogens with zero attached hydrogens (tertiary/aromatic N) is 6. The van der Waals surface area contributed by atoms with Crippen LogP contribution in [0.25, 0.3) is 22.6 Å². The number of aromatic carboxylic acids is 1. The number of rotatable bonds is 6. The minimum absolute atomic E-state index is 0.0109. The summed E-state index contributed by atoms with van der Waals surface area (Å²) in [6, 6.07) is 11.0. The van der Waals surface area contributed by atoms with Crippen molar-refractivity contribution in [2.45, 2.75) is 52.5 Å². The van der Waals surface area contributed by atoms with E-state index in [1.165, 1.54) is 10.9 Å². The largest absolute Gasteiger partial charge is 0.477 e. The molecule has 0 spiro atoms. The monoisotopic (exact) mass is 486 g/mol. The Labute approximate surface area is 209 Å². The average molecular weight is 487 g/mol. The summed E-state index contributed by atoms with van der Waals surface area (Å²) in [5.74, 6) is -0.442. The number of hydrogen-bond acceptors (Lipinski definition) is 5. The molecule has 3 aromatic heterocycles. The van der Waals surface area contributed by atoms with Crippen molar-refractivity contribution in [2.75, 3.05) is 4.90 Å². The Balaban J connectivity index is 1.46. The molecule has 1 N–H and O–H groups in total. The fraction of sp³-hybridized carbons (Fsp3) is 0.370. The highest BCUT2D eigenvalue weighted by atomic mass is 16.4. The Hall–Kier alpha value is -4.01. The lowest BCUT2D eigenvalue weighted by atomic mass is 9.82. The van der Waals surface area contributed by atoms with Gasteiger partial charge in [0.1, 0.15) is 5.56 Å². The molecular formula is C27H30N6O3. The zero-order valence-electron chi connectivity index (χ0n) is 20.7. The van der Waals surface area contributed by atoms with Gasteiger partial charge in [-0.1, -0.05) is 19.1 Å². The lowest BCUT2D eigenvalue weighted by Gasteiger charge is -2.32. The van der Waals surface area contributed by atoms with Crippen LogP contribution in [0.15, 0.2) is 55.0 Å². The van der Waals surface area contributed by atoms with Crippen LogP contribution < -0.4 is 4.90 Å². The normalized spacial score (nSPS) is 18.0. The van der Waals surface area contributed by atoms with Crippen molar-refractivity contribution in [3.05, 3.63) is 60.6 Å². The lowest BCUT2D eigenvalue weighted by molar-refractivity contribution is -0.124. The second-order valence-corrected chi connectivity index (χ2v) is 9.87. The standard InChI is InChI=1S/C27H30N6O3/c1-17(2)33(26(34)20-7-5-18(3)6-8-20)25-22(27(35)36)16-32(30-25)21-11-9-19(10-12-21)23-15-24-28-13-4-14-31(24)29-23/h4,9-18,20H,5-8H2,1-3H3,(H,35,36)/t18-,20-. The molecule has 0 unspecified atom stereocenters. The summed E-state index contributed by atoms with van der Waals surface area (Å²) in [7, 11) is 0. The van der Waals surface area contributed by atoms with Gasteiger partial charge in [0.15, 0.2) is 11.5 Å². The van der Waals surface area contributed by atoms with E-state index in [9.17, 15) is 14.7 Å². The van der Waals surface area contributed by atoms with Crippen molar-refractivity contribution in [1.82, 2.24) is 24.4 Å². The highest BCUT2D eigenvalue weighted by molar-refractivity contribution is 6.01. The van der Waals surface area contributed by atoms with Crippen LogP contribution in [0.5, 0.6) is 0 Å². The van der Waals surface area contributed by atoms with Crippen molar-refractivity contribution in [1.29, 1.82) is 0 Å². The van der Waals surface area contributed by atoms with Crippen LogP contribution in [-0.4, -0.2) is 47.4 Å². The molecule has 9 nitrogen and oxygen atoms in total. The molecule has 0 aliphatic heterocycles. The van der Waals surface area contributed by atoms with Gasteiger partial charge in [0.2, 0.25) is 5.91 Å². The molecule has 3 heterocycles. The molecule has 1 amide bonds. The molecular weight excluding hydrogens is 456 g/mol. The van der Waals surface area contributed by atoms with Gasteiger partial charge in [-0.25, -0.2) is 19.0 Å². The molecule has 36 heavy (non-hydrogen) atoms. The first-order chi connectivity index (χ1) is 17.3. The molecule has 1 aromatic carbocycles. The van der Waals surface area contributed by atoms with E-state index in [1.807, 2.05) is 56.4 Å². The molecule has 1 aliphatic rings. The molecule has 0 bridgehead atoms. The summed E-state index contributed by atoms with van der Waals surface area (Å²) < 4.78 is 3.24. The zero-order chi connectivity index (χ0) is 25.4. The van der Waals surface area contributed by atoms with Crippen molar-refractivity contribution in [2.24, 2.45) is 11.8 Å². The minimum Gasteiger partial charge on any atom is -0.477 e. The molecule has 9 heteroatoms. The molecule has 1 fully saturated rings. The predicted molar refractivity (Wildman–Crippen MR) is 136 cm³/mol. The molecule has 1 aliphatic carbocycles. The van der Waals surface area contributed by atoms with Crippen LogP contribution in [0, 0.1) is 11.8 Å². The first kappa shape index (κ1) is 23.7. The van der Waals surface area contributed by atoms with E-state index in [0.717, 1.165) is 42.6 Å². The summed E-state index contributed by atoms with van der Waals surface area (Å²) in [6.45, 7) is 6.00. The molecule has 0 saturated heterocycles. The van der Waals surface area contributed by atoms with E-state index in [2.05, 4.69) is 22.1 Å². The first-order valence-corrected chi connectivity index (χ1v) is 12.4. The number of carboxylic acids is 1. The fourth-order valence-corrected chi connectivity index (χ4v) is 4.89. The Bertz CT molecular complexity index is 1360. The van der Waals surface area contributed by atoms with Gasteiger partial charge < -0.3 is 5.11 Å². The van der Waals surface area contributed by atoms with E-state index in [1.54, 1.807) is 15.6 Å².